The third-order valence-electron chi connectivity index (χ3n) is 5.85. The molecule has 34 heavy (non-hydrogen) atoms. The van der Waals surface area contributed by atoms with Gasteiger partial charge in [-0.15, -0.1) is 0 Å². The van der Waals surface area contributed by atoms with Crippen LogP contribution in [0.1, 0.15) is 136 Å². The summed E-state index contributed by atoms with van der Waals surface area (Å²) < 4.78 is 5.77. The molecule has 0 spiro atoms. The van der Waals surface area contributed by atoms with Crippen LogP contribution in [-0.4, -0.2) is 23.1 Å². The highest BCUT2D eigenvalue weighted by molar-refractivity contribution is 5.69. The highest BCUT2D eigenvalue weighted by atomic mass is 16.5. The quantitative estimate of drug-likeness (QED) is 0.0857. The van der Waals surface area contributed by atoms with Gasteiger partial charge in [-0.05, 0) is 57.4 Å². The van der Waals surface area contributed by atoms with E-state index in [1.807, 2.05) is 6.08 Å². The predicted octanol–water partition coefficient (Wildman–Crippen LogP) is 9.10. The number of allylic oxidation sites excluding steroid dienone is 5. The van der Waals surface area contributed by atoms with Crippen LogP contribution in [0.4, 0.5) is 0 Å². The first-order valence-corrected chi connectivity index (χ1v) is 14.0. The lowest BCUT2D eigenvalue weighted by molar-refractivity contribution is -0.147. The molecule has 0 fully saturated rings. The molecule has 0 radical (unpaired) electrons. The van der Waals surface area contributed by atoms with Crippen LogP contribution in [0.2, 0.25) is 0 Å². The number of carboxylic acids is 1. The molecule has 196 valence electrons. The van der Waals surface area contributed by atoms with Gasteiger partial charge in [-0.1, -0.05) is 102 Å². The Labute approximate surface area is 209 Å². The molecule has 4 heteroatoms. The molecule has 0 aromatic heterocycles. The van der Waals surface area contributed by atoms with Gasteiger partial charge in [-0.2, -0.15) is 0 Å². The maximum absolute atomic E-state index is 12.3. The average molecular weight is 477 g/mol. The number of carbonyl (C=O) groups excluding carboxylic acids is 1. The number of esters is 1. The van der Waals surface area contributed by atoms with Crippen LogP contribution >= 0.6 is 0 Å². The lowest BCUT2D eigenvalue weighted by atomic mass is 10.1. The molecule has 1 N–H and O–H groups in total. The van der Waals surface area contributed by atoms with E-state index < -0.39 is 5.97 Å². The second-order valence-electron chi connectivity index (χ2n) is 9.23. The Kier molecular flexibility index (Phi) is 24.4. The highest BCUT2D eigenvalue weighted by Gasteiger charge is 2.11. The fourth-order valence-electron chi connectivity index (χ4n) is 3.75. The smallest absolute Gasteiger partial charge is 0.306 e. The molecule has 0 aliphatic rings. The van der Waals surface area contributed by atoms with Gasteiger partial charge in [-0.3, -0.25) is 9.59 Å². The van der Waals surface area contributed by atoms with Gasteiger partial charge in [0.2, 0.25) is 0 Å². The summed E-state index contributed by atoms with van der Waals surface area (Å²) >= 11 is 0. The maximum Gasteiger partial charge on any atom is 0.306 e. The zero-order valence-corrected chi connectivity index (χ0v) is 22.1. The first-order chi connectivity index (χ1) is 16.6. The van der Waals surface area contributed by atoms with Crippen molar-refractivity contribution in [1.29, 1.82) is 0 Å². The lowest BCUT2D eigenvalue weighted by Gasteiger charge is -2.14. The summed E-state index contributed by atoms with van der Waals surface area (Å²) in [5, 5.41) is 8.72. The Bertz CT molecular complexity index is 562. The molecule has 0 bridgehead atoms. The summed E-state index contributed by atoms with van der Waals surface area (Å²) in [7, 11) is 0. The minimum absolute atomic E-state index is 0.0867. The van der Waals surface area contributed by atoms with Gasteiger partial charge in [0.25, 0.3) is 0 Å². The number of rotatable bonds is 24. The highest BCUT2D eigenvalue weighted by Crippen LogP contribution is 2.14. The van der Waals surface area contributed by atoms with Gasteiger partial charge < -0.3 is 9.84 Å². The predicted molar refractivity (Wildman–Crippen MR) is 144 cm³/mol. The van der Waals surface area contributed by atoms with E-state index in [-0.39, 0.29) is 18.5 Å². The van der Waals surface area contributed by atoms with Crippen molar-refractivity contribution in [2.45, 2.75) is 142 Å². The molecule has 4 nitrogen and oxygen atoms in total. The number of aliphatic carboxylic acids is 1. The first-order valence-electron chi connectivity index (χ1n) is 14.0. The molecule has 0 saturated carbocycles. The minimum atomic E-state index is -0.719. The molecule has 0 saturated heterocycles. The van der Waals surface area contributed by atoms with E-state index in [2.05, 4.69) is 44.2 Å². The second-order valence-corrected chi connectivity index (χ2v) is 9.23. The molecular weight excluding hydrogens is 424 g/mol. The SMILES string of the molecule is CCCCC/C=C\C/C=C\C/C=C\C(CCCCCCCC(=O)O)OC(=O)CCCCCCC. The van der Waals surface area contributed by atoms with Gasteiger partial charge in [0.1, 0.15) is 6.10 Å². The summed E-state index contributed by atoms with van der Waals surface area (Å²) in [4.78, 5) is 22.9. The van der Waals surface area contributed by atoms with Gasteiger partial charge in [0.15, 0.2) is 0 Å². The van der Waals surface area contributed by atoms with E-state index >= 15 is 0 Å². The van der Waals surface area contributed by atoms with Gasteiger partial charge in [0.05, 0.1) is 0 Å². The van der Waals surface area contributed by atoms with Gasteiger partial charge >= 0.3 is 11.9 Å². The average Bonchev–Trinajstić information content (AvgIpc) is 2.81. The van der Waals surface area contributed by atoms with Crippen LogP contribution in [0.25, 0.3) is 0 Å². The van der Waals surface area contributed by atoms with Crippen molar-refractivity contribution in [3.63, 3.8) is 0 Å². The monoisotopic (exact) mass is 476 g/mol. The third-order valence-corrected chi connectivity index (χ3v) is 5.85. The Morgan fingerprint density at radius 3 is 1.94 bits per heavy atom. The summed E-state index contributed by atoms with van der Waals surface area (Å²) in [6, 6.07) is 0. The van der Waals surface area contributed by atoms with Crippen molar-refractivity contribution < 1.29 is 19.4 Å². The van der Waals surface area contributed by atoms with E-state index in [1.54, 1.807) is 0 Å². The summed E-state index contributed by atoms with van der Waals surface area (Å²) in [5.41, 5.74) is 0. The van der Waals surface area contributed by atoms with Crippen molar-refractivity contribution >= 4 is 11.9 Å². The van der Waals surface area contributed by atoms with Crippen LogP contribution in [0.15, 0.2) is 36.5 Å². The summed E-state index contributed by atoms with van der Waals surface area (Å²) in [5.74, 6) is -0.805. The van der Waals surface area contributed by atoms with Crippen molar-refractivity contribution in [2.24, 2.45) is 0 Å². The van der Waals surface area contributed by atoms with Crippen molar-refractivity contribution in [1.82, 2.24) is 0 Å². The molecule has 1 unspecified atom stereocenters. The molecule has 0 amide bonds. The van der Waals surface area contributed by atoms with E-state index in [1.165, 1.54) is 44.9 Å². The zero-order chi connectivity index (χ0) is 25.1. The van der Waals surface area contributed by atoms with Crippen LogP contribution in [0.3, 0.4) is 0 Å². The normalized spacial score (nSPS) is 12.8. The number of carbonyl (C=O) groups is 2. The van der Waals surface area contributed by atoms with E-state index in [4.69, 9.17) is 9.84 Å². The lowest BCUT2D eigenvalue weighted by Crippen LogP contribution is -2.16. The number of unbranched alkanes of at least 4 members (excludes halogenated alkanes) is 11. The van der Waals surface area contributed by atoms with Gasteiger partial charge in [0, 0.05) is 12.8 Å². The minimum Gasteiger partial charge on any atom is -0.481 e. The second kappa shape index (κ2) is 25.8. The Hall–Kier alpha value is -1.84. The summed E-state index contributed by atoms with van der Waals surface area (Å²) in [6.45, 7) is 4.42. The molecule has 0 aromatic rings. The molecule has 0 aliphatic carbocycles. The van der Waals surface area contributed by atoms with Crippen LogP contribution in [0, 0.1) is 0 Å². The number of hydrogen-bond donors (Lipinski definition) is 1. The first kappa shape index (κ1) is 32.2. The molecular formula is C30H52O4. The topological polar surface area (TPSA) is 63.6 Å². The number of hydrogen-bond acceptors (Lipinski definition) is 3. The molecule has 0 heterocycles. The van der Waals surface area contributed by atoms with Crippen LogP contribution in [-0.2, 0) is 14.3 Å². The maximum atomic E-state index is 12.3. The van der Waals surface area contributed by atoms with Gasteiger partial charge in [-0.25, -0.2) is 0 Å². The largest absolute Gasteiger partial charge is 0.481 e. The third kappa shape index (κ3) is 24.8. The standard InChI is InChI=1S/C30H52O4/c1-3-5-7-9-10-11-12-13-14-17-20-24-28(25-21-18-15-19-22-26-29(31)32)34-30(33)27-23-16-8-6-4-2/h10-11,13-14,20,24,28H,3-9,12,15-19,21-23,25-27H2,1-2H3,(H,31,32)/b11-10-,14-13-,24-20-. The Morgan fingerprint density at radius 2 is 1.24 bits per heavy atom. The van der Waals surface area contributed by atoms with Crippen molar-refractivity contribution in [3.8, 4) is 0 Å². The number of carboxylic acid groups (broad SMARTS) is 1. The molecule has 1 atom stereocenters. The molecule has 0 aliphatic heterocycles. The fourth-order valence-corrected chi connectivity index (χ4v) is 3.75. The van der Waals surface area contributed by atoms with E-state index in [0.29, 0.717) is 6.42 Å². The fraction of sp³-hybridized carbons (Fsp3) is 0.733. The number of ether oxygens (including phenoxy) is 1. The summed E-state index contributed by atoms with van der Waals surface area (Å²) in [6.07, 6.45) is 31.7. The van der Waals surface area contributed by atoms with Crippen molar-refractivity contribution in [2.75, 3.05) is 0 Å². The van der Waals surface area contributed by atoms with Crippen molar-refractivity contribution in [3.05, 3.63) is 36.5 Å². The van der Waals surface area contributed by atoms with E-state index in [9.17, 15) is 9.59 Å². The van der Waals surface area contributed by atoms with Crippen LogP contribution in [0.5, 0.6) is 0 Å². The Balaban J connectivity index is 4.30. The van der Waals surface area contributed by atoms with E-state index in [0.717, 1.165) is 64.2 Å². The zero-order valence-electron chi connectivity index (χ0n) is 22.1. The Morgan fingerprint density at radius 1 is 0.676 bits per heavy atom. The molecule has 0 rings (SSSR count). The van der Waals surface area contributed by atoms with Crippen LogP contribution < -0.4 is 0 Å². The molecule has 0 aromatic carbocycles.